The first-order chi connectivity index (χ1) is 9.63. The molecule has 3 heterocycles. The predicted octanol–water partition coefficient (Wildman–Crippen LogP) is 1.69. The lowest BCUT2D eigenvalue weighted by Crippen LogP contribution is -2.39. The van der Waals surface area contributed by atoms with Gasteiger partial charge in [-0.3, -0.25) is 4.79 Å². The van der Waals surface area contributed by atoms with Crippen molar-refractivity contribution in [2.75, 3.05) is 13.1 Å². The zero-order chi connectivity index (χ0) is 14.1. The highest BCUT2D eigenvalue weighted by atomic mass is 16.5. The first kappa shape index (κ1) is 12.8. The summed E-state index contributed by atoms with van der Waals surface area (Å²) in [6.07, 6.45) is 1.85. The summed E-state index contributed by atoms with van der Waals surface area (Å²) >= 11 is 0. The van der Waals surface area contributed by atoms with Crippen molar-refractivity contribution in [1.82, 2.24) is 20.2 Å². The van der Waals surface area contributed by atoms with E-state index in [1.807, 2.05) is 0 Å². The van der Waals surface area contributed by atoms with Crippen LogP contribution >= 0.6 is 0 Å². The van der Waals surface area contributed by atoms with Crippen LogP contribution in [0.1, 0.15) is 46.7 Å². The Kier molecular flexibility index (Phi) is 3.25. The van der Waals surface area contributed by atoms with E-state index in [9.17, 15) is 4.79 Å². The van der Waals surface area contributed by atoms with Crippen LogP contribution in [0.3, 0.4) is 0 Å². The molecule has 1 fully saturated rings. The van der Waals surface area contributed by atoms with Gasteiger partial charge in [0, 0.05) is 19.2 Å². The number of rotatable bonds is 2. The van der Waals surface area contributed by atoms with Crippen LogP contribution in [0.15, 0.2) is 15.1 Å². The van der Waals surface area contributed by atoms with Gasteiger partial charge in [0.15, 0.2) is 5.82 Å². The Bertz CT molecular complexity index is 619. The van der Waals surface area contributed by atoms with E-state index in [2.05, 4.69) is 15.3 Å². The Balaban J connectivity index is 1.73. The van der Waals surface area contributed by atoms with Crippen molar-refractivity contribution < 1.29 is 13.8 Å². The molecule has 106 valence electrons. The Morgan fingerprint density at radius 2 is 2.20 bits per heavy atom. The van der Waals surface area contributed by atoms with E-state index in [1.165, 1.54) is 0 Å². The number of hydrogen-bond acceptors (Lipinski definition) is 6. The molecule has 0 N–H and O–H groups in total. The van der Waals surface area contributed by atoms with Gasteiger partial charge in [-0.25, -0.2) is 0 Å². The molecule has 1 atom stereocenters. The van der Waals surface area contributed by atoms with Crippen molar-refractivity contribution >= 4 is 5.91 Å². The number of carbonyl (C=O) groups is 1. The molecule has 1 amide bonds. The minimum absolute atomic E-state index is 0.0953. The average molecular weight is 276 g/mol. The summed E-state index contributed by atoms with van der Waals surface area (Å²) in [5.74, 6) is 1.47. The van der Waals surface area contributed by atoms with E-state index in [4.69, 9.17) is 9.05 Å². The van der Waals surface area contributed by atoms with Crippen LogP contribution in [-0.2, 0) is 0 Å². The van der Waals surface area contributed by atoms with Crippen molar-refractivity contribution in [2.45, 2.75) is 32.6 Å². The third kappa shape index (κ3) is 2.43. The number of likely N-dealkylation sites (tertiary alicyclic amines) is 1. The molecule has 0 saturated carbocycles. The topological polar surface area (TPSA) is 85.3 Å². The molecule has 0 bridgehead atoms. The third-order valence-electron chi connectivity index (χ3n) is 3.44. The van der Waals surface area contributed by atoms with E-state index < -0.39 is 0 Å². The van der Waals surface area contributed by atoms with Gasteiger partial charge in [0.25, 0.3) is 5.91 Å². The zero-order valence-corrected chi connectivity index (χ0v) is 11.5. The van der Waals surface area contributed by atoms with Crippen LogP contribution in [0.2, 0.25) is 0 Å². The molecular formula is C13H16N4O3. The quantitative estimate of drug-likeness (QED) is 0.829. The number of aryl methyl sites for hydroxylation is 2. The van der Waals surface area contributed by atoms with Gasteiger partial charge in [-0.05, 0) is 26.7 Å². The van der Waals surface area contributed by atoms with Gasteiger partial charge < -0.3 is 13.9 Å². The number of nitrogens with zero attached hydrogens (tertiary/aromatic N) is 4. The van der Waals surface area contributed by atoms with Crippen LogP contribution in [0, 0.1) is 13.8 Å². The molecule has 2 aromatic rings. The van der Waals surface area contributed by atoms with Gasteiger partial charge in [0.2, 0.25) is 11.7 Å². The van der Waals surface area contributed by atoms with Gasteiger partial charge in [-0.1, -0.05) is 10.3 Å². The maximum atomic E-state index is 12.3. The largest absolute Gasteiger partial charge is 0.351 e. The van der Waals surface area contributed by atoms with Crippen molar-refractivity contribution in [3.8, 4) is 0 Å². The van der Waals surface area contributed by atoms with E-state index in [-0.39, 0.29) is 17.6 Å². The maximum Gasteiger partial charge on any atom is 0.292 e. The molecule has 20 heavy (non-hydrogen) atoms. The highest BCUT2D eigenvalue weighted by Crippen LogP contribution is 2.26. The van der Waals surface area contributed by atoms with Crippen molar-refractivity contribution in [2.24, 2.45) is 0 Å². The Labute approximate surface area is 115 Å². The van der Waals surface area contributed by atoms with E-state index in [1.54, 1.807) is 24.8 Å². The molecule has 0 aromatic carbocycles. The highest BCUT2D eigenvalue weighted by Gasteiger charge is 2.30. The maximum absolute atomic E-state index is 12.3. The fraction of sp³-hybridized carbons (Fsp3) is 0.538. The van der Waals surface area contributed by atoms with Crippen molar-refractivity contribution in [1.29, 1.82) is 0 Å². The summed E-state index contributed by atoms with van der Waals surface area (Å²) < 4.78 is 10.2. The number of piperidine rings is 1. The number of aromatic nitrogens is 3. The van der Waals surface area contributed by atoms with Gasteiger partial charge in [0.1, 0.15) is 0 Å². The second-order valence-corrected chi connectivity index (χ2v) is 5.10. The molecule has 0 spiro atoms. The van der Waals surface area contributed by atoms with Crippen LogP contribution in [0.25, 0.3) is 0 Å². The van der Waals surface area contributed by atoms with Crippen molar-refractivity contribution in [3.05, 3.63) is 29.2 Å². The van der Waals surface area contributed by atoms with Crippen LogP contribution < -0.4 is 0 Å². The average Bonchev–Trinajstić information content (AvgIpc) is 3.07. The predicted molar refractivity (Wildman–Crippen MR) is 68.2 cm³/mol. The molecule has 0 aliphatic carbocycles. The molecule has 0 radical (unpaired) electrons. The van der Waals surface area contributed by atoms with Gasteiger partial charge >= 0.3 is 0 Å². The second kappa shape index (κ2) is 5.07. The van der Waals surface area contributed by atoms with E-state index in [0.717, 1.165) is 12.8 Å². The zero-order valence-electron chi connectivity index (χ0n) is 11.5. The number of hydrogen-bond donors (Lipinski definition) is 0. The second-order valence-electron chi connectivity index (χ2n) is 5.10. The minimum atomic E-state index is -0.133. The molecule has 1 unspecified atom stereocenters. The first-order valence-electron chi connectivity index (χ1n) is 6.66. The SMILES string of the molecule is Cc1cc(C(=O)N2CCCC(c3nc(C)no3)C2)on1. The van der Waals surface area contributed by atoms with Crippen molar-refractivity contribution in [3.63, 3.8) is 0 Å². The summed E-state index contributed by atoms with van der Waals surface area (Å²) in [6, 6.07) is 1.66. The lowest BCUT2D eigenvalue weighted by atomic mass is 9.98. The van der Waals surface area contributed by atoms with Gasteiger partial charge in [0.05, 0.1) is 11.6 Å². The third-order valence-corrected chi connectivity index (χ3v) is 3.44. The fourth-order valence-corrected chi connectivity index (χ4v) is 2.46. The molecule has 2 aromatic heterocycles. The summed E-state index contributed by atoms with van der Waals surface area (Å²) in [4.78, 5) is 18.3. The lowest BCUT2D eigenvalue weighted by Gasteiger charge is -2.30. The molecular weight excluding hydrogens is 260 g/mol. The van der Waals surface area contributed by atoms with Gasteiger partial charge in [-0.15, -0.1) is 0 Å². The fourth-order valence-electron chi connectivity index (χ4n) is 2.46. The minimum Gasteiger partial charge on any atom is -0.351 e. The molecule has 3 rings (SSSR count). The summed E-state index contributed by atoms with van der Waals surface area (Å²) in [6.45, 7) is 4.86. The number of amides is 1. The van der Waals surface area contributed by atoms with E-state index >= 15 is 0 Å². The Morgan fingerprint density at radius 1 is 1.35 bits per heavy atom. The summed E-state index contributed by atoms with van der Waals surface area (Å²) in [5, 5.41) is 7.55. The lowest BCUT2D eigenvalue weighted by molar-refractivity contribution is 0.0654. The molecule has 7 heteroatoms. The summed E-state index contributed by atoms with van der Waals surface area (Å²) in [7, 11) is 0. The standard InChI is InChI=1S/C13H16N4O3/c1-8-6-11(19-15-8)13(18)17-5-3-4-10(7-17)12-14-9(2)16-20-12/h6,10H,3-5,7H2,1-2H3. The smallest absolute Gasteiger partial charge is 0.292 e. The van der Waals surface area contributed by atoms with Gasteiger partial charge in [-0.2, -0.15) is 4.98 Å². The molecule has 1 saturated heterocycles. The Hall–Kier alpha value is -2.18. The summed E-state index contributed by atoms with van der Waals surface area (Å²) in [5.41, 5.74) is 0.703. The van der Waals surface area contributed by atoms with Crippen LogP contribution in [0.5, 0.6) is 0 Å². The van der Waals surface area contributed by atoms with E-state index in [0.29, 0.717) is 30.5 Å². The Morgan fingerprint density at radius 3 is 2.85 bits per heavy atom. The molecule has 1 aliphatic heterocycles. The highest BCUT2D eigenvalue weighted by molar-refractivity contribution is 5.91. The monoisotopic (exact) mass is 276 g/mol. The number of carbonyl (C=O) groups excluding carboxylic acids is 1. The molecule has 1 aliphatic rings. The van der Waals surface area contributed by atoms with Crippen LogP contribution in [-0.4, -0.2) is 39.2 Å². The molecule has 7 nitrogen and oxygen atoms in total. The first-order valence-corrected chi connectivity index (χ1v) is 6.66. The van der Waals surface area contributed by atoms with Crippen LogP contribution in [0.4, 0.5) is 0 Å². The normalized spacial score (nSPS) is 19.3.